The lowest BCUT2D eigenvalue weighted by Crippen LogP contribution is -1.99. The topological polar surface area (TPSA) is 17.1 Å². The quantitative estimate of drug-likeness (QED) is 0.506. The van der Waals surface area contributed by atoms with Gasteiger partial charge in [0, 0.05) is 12.8 Å². The van der Waals surface area contributed by atoms with Crippen molar-refractivity contribution in [1.82, 2.24) is 0 Å². The van der Waals surface area contributed by atoms with E-state index in [0.29, 0.717) is 0 Å². The summed E-state index contributed by atoms with van der Waals surface area (Å²) in [4.78, 5) is 11.3. The van der Waals surface area contributed by atoms with Crippen LogP contribution in [-0.4, -0.2) is 13.4 Å². The van der Waals surface area contributed by atoms with Crippen molar-refractivity contribution in [2.24, 2.45) is 0 Å². The Kier molecular flexibility index (Phi) is 7.76. The molecule has 0 fully saturated rings. The van der Waals surface area contributed by atoms with E-state index in [4.69, 9.17) is 69.6 Å². The van der Waals surface area contributed by atoms with Crippen molar-refractivity contribution in [2.45, 2.75) is 20.4 Å². The molecule has 0 aromatic heterocycles. The van der Waals surface area contributed by atoms with Crippen LogP contribution in [0.5, 0.6) is 0 Å². The highest BCUT2D eigenvalue weighted by Gasteiger charge is 2.14. The monoisotopic (exact) mass is 342 g/mol. The normalized spacial score (nSPS) is 13.9. The molecule has 0 amide bonds. The fourth-order valence-corrected chi connectivity index (χ4v) is 1.27. The van der Waals surface area contributed by atoms with Gasteiger partial charge in [-0.3, -0.25) is 4.79 Å². The lowest BCUT2D eigenvalue weighted by Gasteiger charge is -2.02. The zero-order valence-corrected chi connectivity index (χ0v) is 12.4. The second-order valence-corrected chi connectivity index (χ2v) is 7.57. The van der Waals surface area contributed by atoms with E-state index in [0.717, 1.165) is 0 Å². The number of alkyl halides is 6. The van der Waals surface area contributed by atoms with Gasteiger partial charge in [-0.15, -0.1) is 0 Å². The van der Waals surface area contributed by atoms with Crippen LogP contribution in [-0.2, 0) is 4.79 Å². The summed E-state index contributed by atoms with van der Waals surface area (Å²) in [6.45, 7) is 0. The lowest BCUT2D eigenvalue weighted by atomic mass is 10.2. The van der Waals surface area contributed by atoms with Crippen molar-refractivity contribution >= 4 is 75.4 Å². The average Bonchev–Trinajstić information content (AvgIpc) is 1.98. The first kappa shape index (κ1) is 16.9. The molecule has 0 atom stereocenters. The van der Waals surface area contributed by atoms with Gasteiger partial charge in [-0.25, -0.2) is 0 Å². The summed E-state index contributed by atoms with van der Waals surface area (Å²) in [5.41, 5.74) is 0. The first-order valence-electron chi connectivity index (χ1n) is 4.11. The average molecular weight is 345 g/mol. The standard InChI is InChI=1S/C9H8Cl6O/c10-8(11,12)5-1-3-7(16)4-2-6-9(13,14)15/h1-2,5-6H,3-4H2. The second kappa shape index (κ2) is 7.35. The Morgan fingerprint density at radius 3 is 1.38 bits per heavy atom. The number of rotatable bonds is 4. The molecule has 0 aliphatic heterocycles. The second-order valence-electron chi connectivity index (χ2n) is 2.83. The molecule has 0 spiro atoms. The summed E-state index contributed by atoms with van der Waals surface area (Å²) < 4.78 is -2.96. The van der Waals surface area contributed by atoms with Gasteiger partial charge in [0.25, 0.3) is 0 Å². The molecule has 0 bridgehead atoms. The van der Waals surface area contributed by atoms with Gasteiger partial charge in [0.2, 0.25) is 7.59 Å². The van der Waals surface area contributed by atoms with Crippen LogP contribution in [0.25, 0.3) is 0 Å². The molecule has 7 heteroatoms. The van der Waals surface area contributed by atoms with E-state index in [9.17, 15) is 4.79 Å². The van der Waals surface area contributed by atoms with E-state index in [2.05, 4.69) is 0 Å². The smallest absolute Gasteiger partial charge is 0.209 e. The number of Topliss-reactive ketones (excluding diaryl/α,β-unsaturated/α-hetero) is 1. The number of allylic oxidation sites excluding steroid dienone is 4. The van der Waals surface area contributed by atoms with Crippen LogP contribution in [0.15, 0.2) is 24.3 Å². The Morgan fingerprint density at radius 1 is 0.812 bits per heavy atom. The Hall–Kier alpha value is 0.890. The molecule has 92 valence electrons. The predicted molar refractivity (Wildman–Crippen MR) is 73.1 cm³/mol. The third-order valence-corrected chi connectivity index (χ3v) is 2.06. The first-order chi connectivity index (χ1) is 7.10. The predicted octanol–water partition coefficient (Wildman–Crippen LogP) is 5.19. The maximum atomic E-state index is 11.3. The molecule has 0 N–H and O–H groups in total. The Bertz CT molecular complexity index is 255. The molecule has 0 heterocycles. The van der Waals surface area contributed by atoms with Gasteiger partial charge < -0.3 is 0 Å². The lowest BCUT2D eigenvalue weighted by molar-refractivity contribution is -0.117. The van der Waals surface area contributed by atoms with E-state index in [1.807, 2.05) is 0 Å². The molecule has 0 unspecified atom stereocenters. The van der Waals surface area contributed by atoms with Crippen molar-refractivity contribution in [3.05, 3.63) is 24.3 Å². The molecule has 0 radical (unpaired) electrons. The highest BCUT2D eigenvalue weighted by molar-refractivity contribution is 6.69. The van der Waals surface area contributed by atoms with E-state index >= 15 is 0 Å². The minimum Gasteiger partial charge on any atom is -0.299 e. The van der Waals surface area contributed by atoms with E-state index < -0.39 is 7.59 Å². The van der Waals surface area contributed by atoms with Crippen LogP contribution in [0.3, 0.4) is 0 Å². The van der Waals surface area contributed by atoms with Crippen LogP contribution in [0.4, 0.5) is 0 Å². The van der Waals surface area contributed by atoms with Crippen molar-refractivity contribution in [3.63, 3.8) is 0 Å². The summed E-state index contributed by atoms with van der Waals surface area (Å²) in [6, 6.07) is 0. The highest BCUT2D eigenvalue weighted by atomic mass is 35.6. The summed E-state index contributed by atoms with van der Waals surface area (Å²) in [6.07, 6.45) is 5.93. The number of hydrogen-bond acceptors (Lipinski definition) is 1. The molecule has 16 heavy (non-hydrogen) atoms. The molecule has 0 aromatic carbocycles. The van der Waals surface area contributed by atoms with Gasteiger partial charge >= 0.3 is 0 Å². The molecule has 0 rings (SSSR count). The molecule has 0 saturated heterocycles. The van der Waals surface area contributed by atoms with E-state index in [1.54, 1.807) is 0 Å². The van der Waals surface area contributed by atoms with Crippen molar-refractivity contribution < 1.29 is 4.79 Å². The summed E-state index contributed by atoms with van der Waals surface area (Å²) in [7, 11) is 0. The van der Waals surface area contributed by atoms with Gasteiger partial charge in [0.05, 0.1) is 0 Å². The number of hydrogen-bond donors (Lipinski definition) is 0. The number of carbonyl (C=O) groups is 1. The van der Waals surface area contributed by atoms with Crippen LogP contribution in [0, 0.1) is 0 Å². The van der Waals surface area contributed by atoms with Crippen LogP contribution in [0.2, 0.25) is 0 Å². The third kappa shape index (κ3) is 13.0. The highest BCUT2D eigenvalue weighted by Crippen LogP contribution is 2.28. The summed E-state index contributed by atoms with van der Waals surface area (Å²) >= 11 is 32.7. The van der Waals surface area contributed by atoms with Gasteiger partial charge in [-0.05, 0) is 12.2 Å². The SMILES string of the molecule is O=C(CC=CC(Cl)(Cl)Cl)CC=CC(Cl)(Cl)Cl. The zero-order valence-electron chi connectivity index (χ0n) is 7.90. The maximum absolute atomic E-state index is 11.3. The number of halogens is 6. The van der Waals surface area contributed by atoms with Crippen LogP contribution in [0.1, 0.15) is 12.8 Å². The molecule has 0 aliphatic carbocycles. The Balaban J connectivity index is 3.94. The van der Waals surface area contributed by atoms with Gasteiger partial charge in [-0.2, -0.15) is 0 Å². The number of ketones is 1. The molecule has 0 aromatic rings. The summed E-state index contributed by atoms with van der Waals surface area (Å²) in [5, 5.41) is 0. The van der Waals surface area contributed by atoms with Crippen LogP contribution < -0.4 is 0 Å². The van der Waals surface area contributed by atoms with Crippen LogP contribution >= 0.6 is 69.6 Å². The van der Waals surface area contributed by atoms with Gasteiger partial charge in [0.15, 0.2) is 0 Å². The number of carbonyl (C=O) groups excluding carboxylic acids is 1. The molecular formula is C9H8Cl6O. The zero-order chi connectivity index (χ0) is 12.8. The maximum Gasteiger partial charge on any atom is 0.209 e. The molecule has 1 nitrogen and oxygen atoms in total. The summed E-state index contributed by atoms with van der Waals surface area (Å²) in [5.74, 6) is -0.0731. The minimum atomic E-state index is -1.48. The molecule has 0 saturated carbocycles. The minimum absolute atomic E-state index is 0.0731. The molecule has 0 aliphatic rings. The largest absolute Gasteiger partial charge is 0.299 e. The van der Waals surface area contributed by atoms with Crippen molar-refractivity contribution in [3.8, 4) is 0 Å². The molecular weight excluding hydrogens is 337 g/mol. The van der Waals surface area contributed by atoms with Crippen molar-refractivity contribution in [2.75, 3.05) is 0 Å². The first-order valence-corrected chi connectivity index (χ1v) is 6.37. The Morgan fingerprint density at radius 2 is 1.12 bits per heavy atom. The fraction of sp³-hybridized carbons (Fsp3) is 0.444. The van der Waals surface area contributed by atoms with E-state index in [1.165, 1.54) is 24.3 Å². The van der Waals surface area contributed by atoms with Gasteiger partial charge in [0.1, 0.15) is 5.78 Å². The third-order valence-electron chi connectivity index (χ3n) is 1.30. The van der Waals surface area contributed by atoms with E-state index in [-0.39, 0.29) is 18.6 Å². The van der Waals surface area contributed by atoms with Crippen molar-refractivity contribution in [1.29, 1.82) is 0 Å². The van der Waals surface area contributed by atoms with Gasteiger partial charge in [-0.1, -0.05) is 81.8 Å². The Labute approximate surface area is 124 Å². The fourth-order valence-electron chi connectivity index (χ4n) is 0.731.